The fourth-order valence-corrected chi connectivity index (χ4v) is 2.33. The van der Waals surface area contributed by atoms with Gasteiger partial charge in [0.2, 0.25) is 0 Å². The molecule has 1 unspecified atom stereocenters. The van der Waals surface area contributed by atoms with Gasteiger partial charge in [-0.1, -0.05) is 0 Å². The van der Waals surface area contributed by atoms with E-state index in [2.05, 4.69) is 24.1 Å². The van der Waals surface area contributed by atoms with Gasteiger partial charge in [-0.3, -0.25) is 4.90 Å². The fourth-order valence-electron chi connectivity index (χ4n) is 1.60. The molecule has 0 aliphatic rings. The van der Waals surface area contributed by atoms with E-state index in [4.69, 9.17) is 5.26 Å². The first-order chi connectivity index (χ1) is 8.08. The standard InChI is InChI=1S/C13H17FN2S/c1-10(9-17-3)16(2)8-12-6-13(14)5-4-11(12)7-15/h4-6,10H,8-9H2,1-3H3. The van der Waals surface area contributed by atoms with Crippen LogP contribution >= 0.6 is 11.8 Å². The van der Waals surface area contributed by atoms with Crippen molar-refractivity contribution >= 4 is 11.8 Å². The van der Waals surface area contributed by atoms with E-state index in [-0.39, 0.29) is 5.82 Å². The number of nitrogens with zero attached hydrogens (tertiary/aromatic N) is 2. The van der Waals surface area contributed by atoms with Gasteiger partial charge in [-0.05, 0) is 44.0 Å². The highest BCUT2D eigenvalue weighted by molar-refractivity contribution is 7.98. The fraction of sp³-hybridized carbons (Fsp3) is 0.462. The zero-order chi connectivity index (χ0) is 12.8. The molecule has 1 aromatic carbocycles. The molecule has 0 amide bonds. The number of rotatable bonds is 5. The van der Waals surface area contributed by atoms with Crippen LogP contribution in [0.15, 0.2) is 18.2 Å². The lowest BCUT2D eigenvalue weighted by atomic mass is 10.1. The summed E-state index contributed by atoms with van der Waals surface area (Å²) in [5.74, 6) is 0.734. The molecule has 0 aromatic heterocycles. The summed E-state index contributed by atoms with van der Waals surface area (Å²) in [6.07, 6.45) is 2.06. The molecular formula is C13H17FN2S. The maximum absolute atomic E-state index is 13.2. The first-order valence-corrected chi connectivity index (χ1v) is 6.85. The van der Waals surface area contributed by atoms with Crippen LogP contribution in [0.4, 0.5) is 4.39 Å². The summed E-state index contributed by atoms with van der Waals surface area (Å²) in [7, 11) is 1.99. The SMILES string of the molecule is CSCC(C)N(C)Cc1cc(F)ccc1C#N. The molecule has 0 spiro atoms. The first-order valence-electron chi connectivity index (χ1n) is 5.46. The van der Waals surface area contributed by atoms with Crippen LogP contribution in [0.5, 0.6) is 0 Å². The van der Waals surface area contributed by atoms with Crippen molar-refractivity contribution in [1.29, 1.82) is 5.26 Å². The zero-order valence-electron chi connectivity index (χ0n) is 10.4. The average molecular weight is 252 g/mol. The van der Waals surface area contributed by atoms with Gasteiger partial charge in [0, 0.05) is 18.3 Å². The van der Waals surface area contributed by atoms with E-state index < -0.39 is 0 Å². The molecule has 0 N–H and O–H groups in total. The van der Waals surface area contributed by atoms with Gasteiger partial charge in [0.05, 0.1) is 11.6 Å². The zero-order valence-corrected chi connectivity index (χ0v) is 11.2. The van der Waals surface area contributed by atoms with E-state index >= 15 is 0 Å². The monoisotopic (exact) mass is 252 g/mol. The Balaban J connectivity index is 2.80. The van der Waals surface area contributed by atoms with Gasteiger partial charge in [0.25, 0.3) is 0 Å². The molecular weight excluding hydrogens is 235 g/mol. The second-order valence-electron chi connectivity index (χ2n) is 4.13. The van der Waals surface area contributed by atoms with Crippen molar-refractivity contribution in [3.8, 4) is 6.07 Å². The van der Waals surface area contributed by atoms with Crippen molar-refractivity contribution in [3.63, 3.8) is 0 Å². The molecule has 4 heteroatoms. The highest BCUT2D eigenvalue weighted by atomic mass is 32.2. The summed E-state index contributed by atoms with van der Waals surface area (Å²) in [5, 5.41) is 8.97. The van der Waals surface area contributed by atoms with Gasteiger partial charge in [-0.25, -0.2) is 4.39 Å². The van der Waals surface area contributed by atoms with E-state index in [9.17, 15) is 4.39 Å². The van der Waals surface area contributed by atoms with Crippen molar-refractivity contribution in [2.75, 3.05) is 19.1 Å². The molecule has 0 bridgehead atoms. The maximum atomic E-state index is 13.2. The molecule has 2 nitrogen and oxygen atoms in total. The van der Waals surface area contributed by atoms with E-state index in [1.807, 2.05) is 7.05 Å². The van der Waals surface area contributed by atoms with E-state index in [0.717, 1.165) is 11.3 Å². The van der Waals surface area contributed by atoms with Gasteiger partial charge >= 0.3 is 0 Å². The highest BCUT2D eigenvalue weighted by Crippen LogP contribution is 2.14. The number of benzene rings is 1. The number of nitriles is 1. The third kappa shape index (κ3) is 4.03. The van der Waals surface area contributed by atoms with E-state index in [1.165, 1.54) is 18.2 Å². The molecule has 0 heterocycles. The van der Waals surface area contributed by atoms with Crippen molar-refractivity contribution < 1.29 is 4.39 Å². The molecule has 1 rings (SSSR count). The van der Waals surface area contributed by atoms with Crippen LogP contribution in [0.2, 0.25) is 0 Å². The number of halogens is 1. The normalized spacial score (nSPS) is 12.5. The van der Waals surface area contributed by atoms with Crippen molar-refractivity contribution in [2.24, 2.45) is 0 Å². The molecule has 1 atom stereocenters. The van der Waals surface area contributed by atoms with Crippen LogP contribution in [-0.2, 0) is 6.54 Å². The predicted molar refractivity (Wildman–Crippen MR) is 70.4 cm³/mol. The number of hydrogen-bond donors (Lipinski definition) is 0. The lowest BCUT2D eigenvalue weighted by Crippen LogP contribution is -2.30. The Morgan fingerprint density at radius 1 is 1.53 bits per heavy atom. The second kappa shape index (κ2) is 6.63. The van der Waals surface area contributed by atoms with Crippen LogP contribution in [0.1, 0.15) is 18.1 Å². The Morgan fingerprint density at radius 2 is 2.24 bits per heavy atom. The smallest absolute Gasteiger partial charge is 0.123 e. The van der Waals surface area contributed by atoms with Crippen LogP contribution in [0.25, 0.3) is 0 Å². The third-order valence-corrected chi connectivity index (χ3v) is 3.58. The lowest BCUT2D eigenvalue weighted by molar-refractivity contribution is 0.269. The highest BCUT2D eigenvalue weighted by Gasteiger charge is 2.11. The van der Waals surface area contributed by atoms with E-state index in [1.54, 1.807) is 11.8 Å². The topological polar surface area (TPSA) is 27.0 Å². The minimum Gasteiger partial charge on any atom is -0.299 e. The summed E-state index contributed by atoms with van der Waals surface area (Å²) in [5.41, 5.74) is 1.30. The minimum atomic E-state index is -0.287. The van der Waals surface area contributed by atoms with Crippen molar-refractivity contribution in [3.05, 3.63) is 35.1 Å². The summed E-state index contributed by atoms with van der Waals surface area (Å²) in [6.45, 7) is 2.73. The summed E-state index contributed by atoms with van der Waals surface area (Å²) in [6, 6.07) is 6.81. The van der Waals surface area contributed by atoms with Crippen LogP contribution in [-0.4, -0.2) is 30.0 Å². The molecule has 0 saturated carbocycles. The Morgan fingerprint density at radius 3 is 2.82 bits per heavy atom. The van der Waals surface area contributed by atoms with Gasteiger partial charge < -0.3 is 0 Å². The maximum Gasteiger partial charge on any atom is 0.123 e. The van der Waals surface area contributed by atoms with Crippen LogP contribution < -0.4 is 0 Å². The molecule has 0 aliphatic heterocycles. The third-order valence-electron chi connectivity index (χ3n) is 2.77. The Bertz CT molecular complexity index is 414. The lowest BCUT2D eigenvalue weighted by Gasteiger charge is -2.24. The molecule has 0 aliphatic carbocycles. The van der Waals surface area contributed by atoms with Gasteiger partial charge in [-0.2, -0.15) is 17.0 Å². The number of thioether (sulfide) groups is 1. The summed E-state index contributed by atoms with van der Waals surface area (Å²) in [4.78, 5) is 2.13. The van der Waals surface area contributed by atoms with E-state index in [0.29, 0.717) is 18.2 Å². The van der Waals surface area contributed by atoms with Crippen molar-refractivity contribution in [2.45, 2.75) is 19.5 Å². The Hall–Kier alpha value is -1.05. The quantitative estimate of drug-likeness (QED) is 0.806. The molecule has 1 aromatic rings. The average Bonchev–Trinajstić information content (AvgIpc) is 2.29. The number of hydrogen-bond acceptors (Lipinski definition) is 3. The Labute approximate surface area is 106 Å². The van der Waals surface area contributed by atoms with Crippen LogP contribution in [0, 0.1) is 17.1 Å². The van der Waals surface area contributed by atoms with Gasteiger partial charge in [0.15, 0.2) is 0 Å². The molecule has 0 fully saturated rings. The molecule has 17 heavy (non-hydrogen) atoms. The summed E-state index contributed by atoms with van der Waals surface area (Å²) >= 11 is 1.78. The van der Waals surface area contributed by atoms with Gasteiger partial charge in [-0.15, -0.1) is 0 Å². The Kier molecular flexibility index (Phi) is 5.46. The molecule has 0 radical (unpaired) electrons. The van der Waals surface area contributed by atoms with Gasteiger partial charge in [0.1, 0.15) is 5.82 Å². The second-order valence-corrected chi connectivity index (χ2v) is 5.04. The largest absolute Gasteiger partial charge is 0.299 e. The first kappa shape index (κ1) is 14.0. The summed E-state index contributed by atoms with van der Waals surface area (Å²) < 4.78 is 13.2. The molecule has 0 saturated heterocycles. The van der Waals surface area contributed by atoms with Crippen molar-refractivity contribution in [1.82, 2.24) is 4.90 Å². The van der Waals surface area contributed by atoms with Crippen LogP contribution in [0.3, 0.4) is 0 Å². The molecule has 92 valence electrons. The predicted octanol–water partition coefficient (Wildman–Crippen LogP) is 2.88. The minimum absolute atomic E-state index is 0.287.